The van der Waals surface area contributed by atoms with Gasteiger partial charge in [0.15, 0.2) is 11.6 Å². The first kappa shape index (κ1) is 55.6. The van der Waals surface area contributed by atoms with E-state index in [1.165, 1.54) is 0 Å². The van der Waals surface area contributed by atoms with Gasteiger partial charge in [-0.1, -0.05) is 147 Å². The molecule has 0 aromatic heterocycles. The summed E-state index contributed by atoms with van der Waals surface area (Å²) in [6, 6.07) is 61.2. The number of ketones is 2. The fraction of sp³-hybridized carbons (Fsp3) is 0.153. The van der Waals surface area contributed by atoms with Crippen LogP contribution in [0.15, 0.2) is 206 Å². The summed E-state index contributed by atoms with van der Waals surface area (Å²) in [6.07, 6.45) is -1.59. The number of Topliss-reactive ketones (excluding diaryl/α,β-unsaturated/α-hetero) is 2. The number of benzene rings is 11. The largest absolute Gasteiger partial charge is 0.461 e. The molecule has 0 N–H and O–H groups in total. The van der Waals surface area contributed by atoms with Gasteiger partial charge in [-0.3, -0.25) is 9.59 Å². The van der Waals surface area contributed by atoms with Crippen molar-refractivity contribution in [3.8, 4) is 0 Å². The van der Waals surface area contributed by atoms with Crippen molar-refractivity contribution < 1.29 is 57.2 Å². The Labute approximate surface area is 483 Å². The second-order valence-corrected chi connectivity index (χ2v) is 21.1. The van der Waals surface area contributed by atoms with Gasteiger partial charge in [0.1, 0.15) is 32.0 Å². The van der Waals surface area contributed by atoms with Crippen molar-refractivity contribution in [2.75, 3.05) is 19.8 Å². The summed E-state index contributed by atoms with van der Waals surface area (Å²) in [4.78, 5) is 95.7. The molecule has 84 heavy (non-hydrogen) atoms. The zero-order valence-corrected chi connectivity index (χ0v) is 46.5. The summed E-state index contributed by atoms with van der Waals surface area (Å²) >= 11 is 0. The lowest BCUT2D eigenvalue weighted by Gasteiger charge is -2.18. The van der Waals surface area contributed by atoms with E-state index in [-0.39, 0.29) is 48.1 Å². The minimum atomic E-state index is -0.867. The summed E-state index contributed by atoms with van der Waals surface area (Å²) in [5, 5.41) is 8.43. The third-order valence-corrected chi connectivity index (χ3v) is 15.2. The smallest absolute Gasteiger partial charge is 0.339 e. The summed E-state index contributed by atoms with van der Waals surface area (Å²) in [5.41, 5.74) is 3.24. The van der Waals surface area contributed by atoms with Gasteiger partial charge in [-0.05, 0) is 157 Å². The van der Waals surface area contributed by atoms with Crippen molar-refractivity contribution in [2.45, 2.75) is 45.8 Å². The van der Waals surface area contributed by atoms with Gasteiger partial charge in [0.25, 0.3) is 0 Å². The van der Waals surface area contributed by atoms with Crippen LogP contribution in [0.2, 0.25) is 0 Å². The molecule has 11 aromatic carbocycles. The standard InChI is InChI=1S/C72H56O12/c1-42(66(73)46-17-7-5-8-18-46)39-80-69(76)56-29-13-24-51-34-49-22-12-28-55(61(49)37-63(51)56)67(74)45(4)54-27-11-21-48-33-50-23-14-30-57(62(50)36-60(48)54)70(77)82-41-44(3)84-72(79)59-32-16-26-53-35-52-25-15-31-58(64(52)38-65(53)59)71(78)81-40-43(2)83-68(75)47-19-9-6-10-20-47/h5-38,42-45H,39-41H2,1-4H3. The van der Waals surface area contributed by atoms with Crippen LogP contribution in [-0.2, 0) is 23.7 Å². The average molecular weight is 1110 g/mol. The van der Waals surface area contributed by atoms with Crippen LogP contribution < -0.4 is 0 Å². The fourth-order valence-corrected chi connectivity index (χ4v) is 10.8. The first-order valence-electron chi connectivity index (χ1n) is 27.7. The van der Waals surface area contributed by atoms with E-state index in [0.29, 0.717) is 49.2 Å². The third kappa shape index (κ3) is 11.5. The molecule has 0 aliphatic carbocycles. The van der Waals surface area contributed by atoms with Crippen LogP contribution in [0, 0.1) is 5.92 Å². The van der Waals surface area contributed by atoms with Gasteiger partial charge in [0.05, 0.1) is 33.7 Å². The van der Waals surface area contributed by atoms with Gasteiger partial charge in [0.2, 0.25) is 0 Å². The number of rotatable bonds is 18. The van der Waals surface area contributed by atoms with Crippen molar-refractivity contribution in [3.63, 3.8) is 0 Å². The zero-order chi connectivity index (χ0) is 58.6. The molecule has 0 saturated heterocycles. The van der Waals surface area contributed by atoms with Gasteiger partial charge >= 0.3 is 29.8 Å². The lowest BCUT2D eigenvalue weighted by Crippen LogP contribution is -2.23. The van der Waals surface area contributed by atoms with E-state index in [2.05, 4.69) is 0 Å². The highest BCUT2D eigenvalue weighted by atomic mass is 16.6. The molecule has 4 unspecified atom stereocenters. The first-order valence-corrected chi connectivity index (χ1v) is 27.7. The highest BCUT2D eigenvalue weighted by molar-refractivity contribution is 6.18. The summed E-state index contributed by atoms with van der Waals surface area (Å²) in [5.74, 6) is -4.51. The van der Waals surface area contributed by atoms with Crippen LogP contribution in [-0.4, -0.2) is 73.4 Å². The van der Waals surface area contributed by atoms with E-state index in [0.717, 1.165) is 43.3 Å². The van der Waals surface area contributed by atoms with Crippen molar-refractivity contribution >= 4 is 106 Å². The maximum Gasteiger partial charge on any atom is 0.339 e. The van der Waals surface area contributed by atoms with Crippen molar-refractivity contribution in [2.24, 2.45) is 5.92 Å². The highest BCUT2D eigenvalue weighted by Gasteiger charge is 2.26. The quantitative estimate of drug-likeness (QED) is 0.0346. The Hall–Kier alpha value is -10.3. The molecule has 0 saturated carbocycles. The number of fused-ring (bicyclic) bond motifs is 6. The van der Waals surface area contributed by atoms with E-state index in [9.17, 15) is 33.6 Å². The summed E-state index contributed by atoms with van der Waals surface area (Å²) in [6.45, 7) is 6.32. The predicted octanol–water partition coefficient (Wildman–Crippen LogP) is 15.1. The van der Waals surface area contributed by atoms with Gasteiger partial charge in [-0.15, -0.1) is 0 Å². The SMILES string of the molecule is CC(COC(=O)c1cccc2cc3cccc(C(=O)OC(C)COC(=O)c4cccc5cc6cccc(C(C)C(=O)c7cccc8cc9cccc(C(=O)OCC(C)C(=O)c%10ccccc%10)c9cc78)c6cc45)c3cc12)OC(=O)c1ccccc1. The number of hydrogen-bond donors (Lipinski definition) is 0. The molecular formula is C72H56O12. The second kappa shape index (κ2) is 24.0. The van der Waals surface area contributed by atoms with Crippen LogP contribution in [0.3, 0.4) is 0 Å². The molecule has 0 bridgehead atoms. The first-order chi connectivity index (χ1) is 40.7. The van der Waals surface area contributed by atoms with E-state index in [1.807, 2.05) is 97.9 Å². The molecule has 4 atom stereocenters. The number of esters is 5. The number of ether oxygens (including phenoxy) is 5. The summed E-state index contributed by atoms with van der Waals surface area (Å²) in [7, 11) is 0. The van der Waals surface area contributed by atoms with Crippen LogP contribution >= 0.6 is 0 Å². The Morgan fingerprint density at radius 2 is 0.655 bits per heavy atom. The van der Waals surface area contributed by atoms with Gasteiger partial charge in [-0.2, -0.15) is 0 Å². The molecule has 0 radical (unpaired) electrons. The lowest BCUT2D eigenvalue weighted by atomic mass is 9.85. The molecule has 0 aliphatic heterocycles. The molecule has 12 heteroatoms. The molecule has 0 heterocycles. The van der Waals surface area contributed by atoms with Crippen molar-refractivity contribution in [3.05, 3.63) is 251 Å². The molecule has 0 spiro atoms. The second-order valence-electron chi connectivity index (χ2n) is 21.1. The molecule has 11 rings (SSSR count). The maximum absolute atomic E-state index is 14.9. The molecule has 12 nitrogen and oxygen atoms in total. The van der Waals surface area contributed by atoms with E-state index in [4.69, 9.17) is 23.7 Å². The van der Waals surface area contributed by atoms with Crippen LogP contribution in [0.1, 0.15) is 112 Å². The Kier molecular flexibility index (Phi) is 15.9. The van der Waals surface area contributed by atoms with E-state index < -0.39 is 53.9 Å². The molecule has 0 fully saturated rings. The summed E-state index contributed by atoms with van der Waals surface area (Å²) < 4.78 is 28.5. The van der Waals surface area contributed by atoms with Gasteiger partial charge in [0, 0.05) is 17.0 Å². The Bertz CT molecular complexity index is 4430. The topological polar surface area (TPSA) is 166 Å². The lowest BCUT2D eigenvalue weighted by molar-refractivity contribution is 0.00454. The van der Waals surface area contributed by atoms with Crippen molar-refractivity contribution in [1.82, 2.24) is 0 Å². The van der Waals surface area contributed by atoms with Crippen LogP contribution in [0.5, 0.6) is 0 Å². The Morgan fingerprint density at radius 1 is 0.310 bits per heavy atom. The molecular weight excluding hydrogens is 1060 g/mol. The zero-order valence-electron chi connectivity index (χ0n) is 46.5. The number of carbonyl (C=O) groups is 7. The third-order valence-electron chi connectivity index (χ3n) is 15.2. The van der Waals surface area contributed by atoms with Crippen LogP contribution in [0.25, 0.3) is 64.6 Å². The van der Waals surface area contributed by atoms with Crippen molar-refractivity contribution in [1.29, 1.82) is 0 Å². The molecule has 0 aliphatic rings. The highest BCUT2D eigenvalue weighted by Crippen LogP contribution is 2.36. The monoisotopic (exact) mass is 1110 g/mol. The Balaban J connectivity index is 0.784. The Morgan fingerprint density at radius 3 is 1.11 bits per heavy atom. The molecule has 11 aromatic rings. The predicted molar refractivity (Wildman–Crippen MR) is 324 cm³/mol. The van der Waals surface area contributed by atoms with Gasteiger partial charge in [-0.25, -0.2) is 24.0 Å². The fourth-order valence-electron chi connectivity index (χ4n) is 10.8. The number of hydrogen-bond acceptors (Lipinski definition) is 12. The maximum atomic E-state index is 14.9. The minimum absolute atomic E-state index is 0.1000. The molecule has 0 amide bonds. The van der Waals surface area contributed by atoms with E-state index >= 15 is 0 Å². The van der Waals surface area contributed by atoms with Crippen LogP contribution in [0.4, 0.5) is 0 Å². The normalized spacial score (nSPS) is 12.8. The molecule has 416 valence electrons. The van der Waals surface area contributed by atoms with E-state index in [1.54, 1.807) is 136 Å². The number of carbonyl (C=O) groups excluding carboxylic acids is 7. The minimum Gasteiger partial charge on any atom is -0.461 e. The average Bonchev–Trinajstić information content (AvgIpc) is 2.99. The van der Waals surface area contributed by atoms with Gasteiger partial charge < -0.3 is 23.7 Å².